The number of thiazole rings is 1. The van der Waals surface area contributed by atoms with Gasteiger partial charge in [0.1, 0.15) is 0 Å². The molecule has 0 unspecified atom stereocenters. The minimum Gasteiger partial charge on any atom is -0.322 e. The van der Waals surface area contributed by atoms with Gasteiger partial charge >= 0.3 is 0 Å². The number of nitrogens with one attached hydrogen (secondary N) is 2. The van der Waals surface area contributed by atoms with Crippen molar-refractivity contribution in [3.63, 3.8) is 0 Å². The smallest absolute Gasteiger partial charge is 0.255 e. The molecule has 5 nitrogen and oxygen atoms in total. The van der Waals surface area contributed by atoms with Crippen molar-refractivity contribution in [1.29, 1.82) is 0 Å². The fourth-order valence-electron chi connectivity index (χ4n) is 3.15. The molecule has 0 atom stereocenters. The second-order valence-electron chi connectivity index (χ2n) is 7.30. The number of anilines is 2. The molecule has 0 bridgehead atoms. The zero-order chi connectivity index (χ0) is 24.1. The van der Waals surface area contributed by atoms with Crippen molar-refractivity contribution in [2.45, 2.75) is 11.8 Å². The maximum Gasteiger partial charge on any atom is 0.255 e. The van der Waals surface area contributed by atoms with Crippen LogP contribution in [0.25, 0.3) is 11.3 Å². The average molecular weight is 528 g/mol. The Morgan fingerprint density at radius 2 is 1.82 bits per heavy atom. The monoisotopic (exact) mass is 527 g/mol. The number of carbonyl (C=O) groups is 2. The van der Waals surface area contributed by atoms with Crippen LogP contribution in [0.3, 0.4) is 0 Å². The fraction of sp³-hybridized carbons (Fsp3) is 0.0800. The van der Waals surface area contributed by atoms with Gasteiger partial charge in [-0.3, -0.25) is 9.59 Å². The van der Waals surface area contributed by atoms with Crippen LogP contribution in [0.15, 0.2) is 77.0 Å². The number of halogens is 2. The Bertz CT molecular complexity index is 1360. The summed E-state index contributed by atoms with van der Waals surface area (Å²) in [4.78, 5) is 30.3. The van der Waals surface area contributed by atoms with Crippen LogP contribution in [0.5, 0.6) is 0 Å². The van der Waals surface area contributed by atoms with E-state index < -0.39 is 0 Å². The second-order valence-corrected chi connectivity index (χ2v) is 10.0. The molecular weight excluding hydrogens is 509 g/mol. The van der Waals surface area contributed by atoms with Gasteiger partial charge in [0.25, 0.3) is 5.91 Å². The Morgan fingerprint density at radius 1 is 1.00 bits per heavy atom. The summed E-state index contributed by atoms with van der Waals surface area (Å²) in [5.74, 6) is -0.146. The number of amides is 2. The van der Waals surface area contributed by atoms with Gasteiger partial charge in [0.2, 0.25) is 5.91 Å². The Labute approximate surface area is 215 Å². The van der Waals surface area contributed by atoms with Crippen LogP contribution in [0.2, 0.25) is 10.0 Å². The first-order valence-corrected chi connectivity index (χ1v) is 12.8. The van der Waals surface area contributed by atoms with E-state index in [1.165, 1.54) is 23.1 Å². The molecular formula is C25H19Cl2N3O2S2. The number of hydrogen-bond donors (Lipinski definition) is 2. The van der Waals surface area contributed by atoms with E-state index in [-0.39, 0.29) is 17.6 Å². The number of benzene rings is 3. The molecule has 0 aliphatic rings. The highest BCUT2D eigenvalue weighted by Crippen LogP contribution is 2.32. The molecule has 0 fully saturated rings. The maximum absolute atomic E-state index is 12.6. The second kappa shape index (κ2) is 11.1. The summed E-state index contributed by atoms with van der Waals surface area (Å²) in [5, 5.41) is 9.10. The predicted octanol–water partition coefficient (Wildman–Crippen LogP) is 7.41. The van der Waals surface area contributed by atoms with E-state index in [0.717, 1.165) is 16.0 Å². The fourth-order valence-corrected chi connectivity index (χ4v) is 5.13. The van der Waals surface area contributed by atoms with Crippen LogP contribution >= 0.6 is 46.3 Å². The third kappa shape index (κ3) is 6.18. The van der Waals surface area contributed by atoms with Crippen molar-refractivity contribution in [3.05, 3.63) is 93.3 Å². The quantitative estimate of drug-likeness (QED) is 0.245. The lowest BCUT2D eigenvalue weighted by Crippen LogP contribution is -2.14. The van der Waals surface area contributed by atoms with Crippen LogP contribution in [0.1, 0.15) is 15.9 Å². The number of thioether (sulfide) groups is 1. The maximum atomic E-state index is 12.6. The molecule has 0 aliphatic carbocycles. The summed E-state index contributed by atoms with van der Waals surface area (Å²) in [6, 6.07) is 20.0. The summed E-state index contributed by atoms with van der Waals surface area (Å²) < 4.78 is 0. The average Bonchev–Trinajstić information content (AvgIpc) is 3.26. The predicted molar refractivity (Wildman–Crippen MR) is 142 cm³/mol. The standard InChI is InChI=1S/C25H19Cl2N3O2S2/c1-15-5-2-3-8-19(15)24(32)28-17-6-4-7-18(12-17)33-14-23(31)30-25-29-22(13-34-25)20-10-9-16(26)11-21(20)27/h2-13H,14H2,1H3,(H,28,32)(H,29,30,31). The largest absolute Gasteiger partial charge is 0.322 e. The number of carbonyl (C=O) groups excluding carboxylic acids is 2. The molecule has 4 rings (SSSR count). The first-order chi connectivity index (χ1) is 16.4. The molecule has 0 saturated heterocycles. The van der Waals surface area contributed by atoms with Gasteiger partial charge < -0.3 is 10.6 Å². The Hall–Kier alpha value is -2.84. The van der Waals surface area contributed by atoms with E-state index in [4.69, 9.17) is 23.2 Å². The van der Waals surface area contributed by atoms with Gasteiger partial charge in [-0.05, 0) is 55.0 Å². The zero-order valence-corrected chi connectivity index (χ0v) is 21.1. The third-order valence-electron chi connectivity index (χ3n) is 4.81. The molecule has 0 aliphatic heterocycles. The molecule has 1 heterocycles. The number of rotatable bonds is 7. The van der Waals surface area contributed by atoms with Gasteiger partial charge in [-0.2, -0.15) is 0 Å². The van der Waals surface area contributed by atoms with E-state index in [9.17, 15) is 9.59 Å². The van der Waals surface area contributed by atoms with E-state index in [2.05, 4.69) is 15.6 Å². The summed E-state index contributed by atoms with van der Waals surface area (Å²) >= 11 is 14.9. The summed E-state index contributed by atoms with van der Waals surface area (Å²) in [6.45, 7) is 1.90. The first kappa shape index (κ1) is 24.3. The van der Waals surface area contributed by atoms with Gasteiger partial charge in [0.05, 0.1) is 16.5 Å². The van der Waals surface area contributed by atoms with Crippen molar-refractivity contribution in [2.24, 2.45) is 0 Å². The van der Waals surface area contributed by atoms with E-state index in [0.29, 0.717) is 32.1 Å². The highest BCUT2D eigenvalue weighted by Gasteiger charge is 2.12. The minimum absolute atomic E-state index is 0.168. The van der Waals surface area contributed by atoms with Crippen LogP contribution < -0.4 is 10.6 Å². The van der Waals surface area contributed by atoms with Crippen molar-refractivity contribution >= 4 is 68.9 Å². The van der Waals surface area contributed by atoms with Crippen molar-refractivity contribution in [1.82, 2.24) is 4.98 Å². The van der Waals surface area contributed by atoms with Crippen molar-refractivity contribution < 1.29 is 9.59 Å². The molecule has 172 valence electrons. The zero-order valence-electron chi connectivity index (χ0n) is 18.0. The molecule has 1 aromatic heterocycles. The Morgan fingerprint density at radius 3 is 2.62 bits per heavy atom. The molecule has 3 aromatic carbocycles. The molecule has 0 saturated carbocycles. The minimum atomic E-state index is -0.178. The summed E-state index contributed by atoms with van der Waals surface area (Å²) in [7, 11) is 0. The van der Waals surface area contributed by atoms with E-state index in [1.54, 1.807) is 24.3 Å². The van der Waals surface area contributed by atoms with Crippen LogP contribution in [-0.2, 0) is 4.79 Å². The Kier molecular flexibility index (Phi) is 7.90. The molecule has 0 spiro atoms. The normalized spacial score (nSPS) is 10.7. The van der Waals surface area contributed by atoms with Crippen LogP contribution in [0.4, 0.5) is 10.8 Å². The van der Waals surface area contributed by atoms with Crippen LogP contribution in [-0.4, -0.2) is 22.6 Å². The third-order valence-corrected chi connectivity index (χ3v) is 7.11. The lowest BCUT2D eigenvalue weighted by atomic mass is 10.1. The summed E-state index contributed by atoms with van der Waals surface area (Å²) in [6.07, 6.45) is 0. The molecule has 34 heavy (non-hydrogen) atoms. The van der Waals surface area contributed by atoms with Crippen LogP contribution in [0, 0.1) is 6.92 Å². The molecule has 4 aromatic rings. The van der Waals surface area contributed by atoms with Gasteiger partial charge in [-0.1, -0.05) is 47.5 Å². The molecule has 9 heteroatoms. The lowest BCUT2D eigenvalue weighted by molar-refractivity contribution is -0.113. The van der Waals surface area contributed by atoms with E-state index >= 15 is 0 Å². The first-order valence-electron chi connectivity index (χ1n) is 10.2. The topological polar surface area (TPSA) is 71.1 Å². The SMILES string of the molecule is Cc1ccccc1C(=O)Nc1cccc(SCC(=O)Nc2nc(-c3ccc(Cl)cc3Cl)cs2)c1. The lowest BCUT2D eigenvalue weighted by Gasteiger charge is -2.09. The van der Waals surface area contributed by atoms with Gasteiger partial charge in [-0.15, -0.1) is 23.1 Å². The number of hydrogen-bond acceptors (Lipinski definition) is 5. The number of aromatic nitrogens is 1. The summed E-state index contributed by atoms with van der Waals surface area (Å²) in [5.41, 5.74) is 3.63. The van der Waals surface area contributed by atoms with Gasteiger partial charge in [0, 0.05) is 32.1 Å². The number of nitrogens with zero attached hydrogens (tertiary/aromatic N) is 1. The molecule has 0 radical (unpaired) electrons. The highest BCUT2D eigenvalue weighted by atomic mass is 35.5. The van der Waals surface area contributed by atoms with Gasteiger partial charge in [-0.25, -0.2) is 4.98 Å². The highest BCUT2D eigenvalue weighted by molar-refractivity contribution is 8.00. The van der Waals surface area contributed by atoms with Crippen molar-refractivity contribution in [2.75, 3.05) is 16.4 Å². The number of aryl methyl sites for hydroxylation is 1. The van der Waals surface area contributed by atoms with Gasteiger partial charge in [0.15, 0.2) is 5.13 Å². The molecule has 2 amide bonds. The van der Waals surface area contributed by atoms with E-state index in [1.807, 2.05) is 54.8 Å². The van der Waals surface area contributed by atoms with Crippen molar-refractivity contribution in [3.8, 4) is 11.3 Å². The molecule has 2 N–H and O–H groups in total. The Balaban J connectivity index is 1.33.